The molecule has 0 unspecified atom stereocenters. The SMILES string of the molecule is CC(C)/C=N\SC=N. The zero-order valence-electron chi connectivity index (χ0n) is 5.09. The molecule has 0 aliphatic heterocycles. The molecule has 0 fully saturated rings. The fourth-order valence-corrected chi connectivity index (χ4v) is 0.562. The number of hydrogen-bond acceptors (Lipinski definition) is 3. The highest BCUT2D eigenvalue weighted by molar-refractivity contribution is 8.10. The molecule has 0 bridgehead atoms. The van der Waals surface area contributed by atoms with Crippen LogP contribution < -0.4 is 0 Å². The van der Waals surface area contributed by atoms with Gasteiger partial charge in [-0.1, -0.05) is 13.8 Å². The van der Waals surface area contributed by atoms with Crippen molar-refractivity contribution < 1.29 is 0 Å². The van der Waals surface area contributed by atoms with Crippen LogP contribution in [0, 0.1) is 11.3 Å². The predicted molar refractivity (Wildman–Crippen MR) is 39.7 cm³/mol. The van der Waals surface area contributed by atoms with Crippen LogP contribution in [0.1, 0.15) is 13.8 Å². The van der Waals surface area contributed by atoms with Crippen molar-refractivity contribution in [1.82, 2.24) is 0 Å². The molecular formula is C5H10N2S. The first-order chi connectivity index (χ1) is 3.77. The van der Waals surface area contributed by atoms with Crippen molar-refractivity contribution in [3.63, 3.8) is 0 Å². The Hall–Kier alpha value is -0.310. The van der Waals surface area contributed by atoms with Crippen LogP contribution in [0.2, 0.25) is 0 Å². The zero-order valence-corrected chi connectivity index (χ0v) is 5.90. The van der Waals surface area contributed by atoms with E-state index in [0.29, 0.717) is 5.92 Å². The van der Waals surface area contributed by atoms with Crippen molar-refractivity contribution in [2.75, 3.05) is 0 Å². The molecule has 0 spiro atoms. The van der Waals surface area contributed by atoms with Gasteiger partial charge < -0.3 is 0 Å². The third kappa shape index (κ3) is 5.69. The summed E-state index contributed by atoms with van der Waals surface area (Å²) in [6.45, 7) is 4.10. The third-order valence-corrected chi connectivity index (χ3v) is 0.821. The lowest BCUT2D eigenvalue weighted by atomic mass is 10.3. The fourth-order valence-electron chi connectivity index (χ4n) is 0.187. The Kier molecular flexibility index (Phi) is 4.65. The molecule has 0 amide bonds. The molecule has 2 nitrogen and oxygen atoms in total. The van der Waals surface area contributed by atoms with Crippen LogP contribution in [-0.2, 0) is 0 Å². The van der Waals surface area contributed by atoms with E-state index in [1.165, 1.54) is 5.55 Å². The fraction of sp³-hybridized carbons (Fsp3) is 0.600. The van der Waals surface area contributed by atoms with Gasteiger partial charge in [-0.05, 0) is 5.92 Å². The van der Waals surface area contributed by atoms with E-state index >= 15 is 0 Å². The molecule has 3 heteroatoms. The lowest BCUT2D eigenvalue weighted by Gasteiger charge is -1.87. The van der Waals surface area contributed by atoms with E-state index in [-0.39, 0.29) is 0 Å². The summed E-state index contributed by atoms with van der Waals surface area (Å²) in [6.07, 6.45) is 1.82. The molecule has 0 heterocycles. The molecule has 8 heavy (non-hydrogen) atoms. The summed E-state index contributed by atoms with van der Waals surface area (Å²) in [5, 5.41) is 6.57. The summed E-state index contributed by atoms with van der Waals surface area (Å²) < 4.78 is 3.84. The van der Waals surface area contributed by atoms with Gasteiger partial charge in [-0.3, -0.25) is 5.41 Å². The van der Waals surface area contributed by atoms with Gasteiger partial charge in [-0.15, -0.1) is 0 Å². The van der Waals surface area contributed by atoms with Gasteiger partial charge in [0, 0.05) is 18.2 Å². The average Bonchev–Trinajstić information content (AvgIpc) is 1.66. The Morgan fingerprint density at radius 1 is 1.62 bits per heavy atom. The molecular weight excluding hydrogens is 120 g/mol. The molecule has 0 aromatic rings. The maximum Gasteiger partial charge on any atom is 0.0736 e. The number of hydrogen-bond donors (Lipinski definition) is 1. The monoisotopic (exact) mass is 130 g/mol. The minimum atomic E-state index is 0.488. The Morgan fingerprint density at radius 3 is 2.62 bits per heavy atom. The van der Waals surface area contributed by atoms with E-state index in [2.05, 4.69) is 4.40 Å². The molecule has 0 saturated heterocycles. The van der Waals surface area contributed by atoms with Crippen LogP contribution in [0.15, 0.2) is 4.40 Å². The minimum Gasteiger partial charge on any atom is -0.300 e. The maximum absolute atomic E-state index is 6.57. The second kappa shape index (κ2) is 4.84. The van der Waals surface area contributed by atoms with Gasteiger partial charge >= 0.3 is 0 Å². The van der Waals surface area contributed by atoms with Crippen molar-refractivity contribution in [3.8, 4) is 0 Å². The van der Waals surface area contributed by atoms with Crippen LogP contribution in [0.5, 0.6) is 0 Å². The normalized spacial score (nSPS) is 10.9. The summed E-state index contributed by atoms with van der Waals surface area (Å²) in [4.78, 5) is 0. The van der Waals surface area contributed by atoms with Gasteiger partial charge in [0.1, 0.15) is 0 Å². The molecule has 0 aliphatic rings. The van der Waals surface area contributed by atoms with Crippen molar-refractivity contribution in [3.05, 3.63) is 0 Å². The second-order valence-electron chi connectivity index (χ2n) is 1.72. The zero-order chi connectivity index (χ0) is 6.41. The van der Waals surface area contributed by atoms with Crippen molar-refractivity contribution in [2.24, 2.45) is 10.3 Å². The van der Waals surface area contributed by atoms with E-state index in [0.717, 1.165) is 11.9 Å². The second-order valence-corrected chi connectivity index (χ2v) is 2.38. The number of rotatable bonds is 3. The molecule has 0 saturated carbocycles. The van der Waals surface area contributed by atoms with Gasteiger partial charge in [-0.25, -0.2) is 4.40 Å². The highest BCUT2D eigenvalue weighted by Crippen LogP contribution is 1.95. The quantitative estimate of drug-likeness (QED) is 0.354. The molecule has 0 rings (SSSR count). The smallest absolute Gasteiger partial charge is 0.0736 e. The molecule has 1 N–H and O–H groups in total. The molecule has 0 aliphatic carbocycles. The Morgan fingerprint density at radius 2 is 2.25 bits per heavy atom. The summed E-state index contributed by atoms with van der Waals surface area (Å²) in [6, 6.07) is 0. The van der Waals surface area contributed by atoms with Crippen LogP contribution in [0.25, 0.3) is 0 Å². The van der Waals surface area contributed by atoms with Crippen molar-refractivity contribution in [1.29, 1.82) is 5.41 Å². The van der Waals surface area contributed by atoms with Gasteiger partial charge in [0.2, 0.25) is 0 Å². The Bertz CT molecular complexity index is 88.4. The van der Waals surface area contributed by atoms with Crippen molar-refractivity contribution in [2.45, 2.75) is 13.8 Å². The minimum absolute atomic E-state index is 0.488. The standard InChI is InChI=1S/C5H10N2S/c1-5(2)3-7-8-4-6/h3-6H,1-2H3/b6-4?,7-3-. The first kappa shape index (κ1) is 7.69. The van der Waals surface area contributed by atoms with Crippen LogP contribution in [0.4, 0.5) is 0 Å². The topological polar surface area (TPSA) is 36.2 Å². The Labute approximate surface area is 54.0 Å². The van der Waals surface area contributed by atoms with E-state index in [4.69, 9.17) is 5.41 Å². The first-order valence-corrected chi connectivity index (χ1v) is 3.29. The third-order valence-electron chi connectivity index (χ3n) is 0.473. The summed E-state index contributed by atoms with van der Waals surface area (Å²) in [5.74, 6) is 0.488. The van der Waals surface area contributed by atoms with Crippen LogP contribution in [-0.4, -0.2) is 11.8 Å². The van der Waals surface area contributed by atoms with Gasteiger partial charge in [-0.2, -0.15) is 0 Å². The number of nitrogens with one attached hydrogen (secondary N) is 1. The lowest BCUT2D eigenvalue weighted by Crippen LogP contribution is -1.84. The van der Waals surface area contributed by atoms with E-state index in [1.807, 2.05) is 20.1 Å². The first-order valence-electron chi connectivity index (χ1n) is 2.45. The summed E-state index contributed by atoms with van der Waals surface area (Å²) >= 11 is 1.15. The summed E-state index contributed by atoms with van der Waals surface area (Å²) in [7, 11) is 0. The molecule has 0 radical (unpaired) electrons. The largest absolute Gasteiger partial charge is 0.300 e. The molecule has 0 aromatic heterocycles. The maximum atomic E-state index is 6.57. The lowest BCUT2D eigenvalue weighted by molar-refractivity contribution is 0.910. The van der Waals surface area contributed by atoms with Crippen LogP contribution in [0.3, 0.4) is 0 Å². The summed E-state index contributed by atoms with van der Waals surface area (Å²) in [5.41, 5.74) is 1.21. The van der Waals surface area contributed by atoms with Crippen molar-refractivity contribution >= 4 is 23.7 Å². The average molecular weight is 130 g/mol. The Balaban J connectivity index is 3.19. The molecule has 0 atom stereocenters. The van der Waals surface area contributed by atoms with Gasteiger partial charge in [0.05, 0.1) is 5.55 Å². The van der Waals surface area contributed by atoms with Gasteiger partial charge in [0.25, 0.3) is 0 Å². The predicted octanol–water partition coefficient (Wildman–Crippen LogP) is 1.97. The van der Waals surface area contributed by atoms with E-state index in [9.17, 15) is 0 Å². The highest BCUT2D eigenvalue weighted by atomic mass is 32.2. The van der Waals surface area contributed by atoms with E-state index in [1.54, 1.807) is 0 Å². The highest BCUT2D eigenvalue weighted by Gasteiger charge is 1.81. The van der Waals surface area contributed by atoms with Gasteiger partial charge in [0.15, 0.2) is 0 Å². The van der Waals surface area contributed by atoms with Crippen LogP contribution >= 0.6 is 11.9 Å². The molecule has 46 valence electrons. The number of nitrogens with zero attached hydrogens (tertiary/aromatic N) is 1. The molecule has 0 aromatic carbocycles. The van der Waals surface area contributed by atoms with E-state index < -0.39 is 0 Å².